The van der Waals surface area contributed by atoms with Gasteiger partial charge in [0.1, 0.15) is 5.69 Å². The Labute approximate surface area is 152 Å². The van der Waals surface area contributed by atoms with Crippen LogP contribution >= 0.6 is 0 Å². The van der Waals surface area contributed by atoms with E-state index in [0.29, 0.717) is 12.8 Å². The number of halogens is 2. The first kappa shape index (κ1) is 19.2. The Kier molecular flexibility index (Phi) is 5.57. The fraction of sp³-hybridized carbons (Fsp3) is 0.647. The van der Waals surface area contributed by atoms with Crippen molar-refractivity contribution in [2.75, 3.05) is 13.1 Å². The molecule has 2 fully saturated rings. The van der Waals surface area contributed by atoms with Gasteiger partial charge in [-0.1, -0.05) is 18.9 Å². The second-order valence-corrected chi connectivity index (χ2v) is 8.94. The SMILES string of the molecule is O=C(N1CCCC(S(=O)(=O)NC2CCCC2)C1)C(F)(F)c1ccccn1. The number of hydrogen-bond donors (Lipinski definition) is 1. The summed E-state index contributed by atoms with van der Waals surface area (Å²) in [6.45, 7) is -0.0972. The van der Waals surface area contributed by atoms with Gasteiger partial charge in [0, 0.05) is 25.3 Å². The second-order valence-electron chi connectivity index (χ2n) is 6.95. The quantitative estimate of drug-likeness (QED) is 0.838. The highest BCUT2D eigenvalue weighted by molar-refractivity contribution is 7.90. The molecule has 0 radical (unpaired) electrons. The van der Waals surface area contributed by atoms with Gasteiger partial charge < -0.3 is 4.90 Å². The number of aromatic nitrogens is 1. The topological polar surface area (TPSA) is 79.4 Å². The predicted molar refractivity (Wildman–Crippen MR) is 92.0 cm³/mol. The highest BCUT2D eigenvalue weighted by Gasteiger charge is 2.47. The molecular formula is C17H23F2N3O3S. The fourth-order valence-electron chi connectivity index (χ4n) is 3.60. The molecule has 0 aromatic carbocycles. The van der Waals surface area contributed by atoms with Crippen LogP contribution in [0.5, 0.6) is 0 Å². The summed E-state index contributed by atoms with van der Waals surface area (Å²) in [7, 11) is -3.65. The molecule has 6 nitrogen and oxygen atoms in total. The predicted octanol–water partition coefficient (Wildman–Crippen LogP) is 2.03. The van der Waals surface area contributed by atoms with E-state index in [-0.39, 0.29) is 19.1 Å². The average molecular weight is 387 g/mol. The standard InChI is InChI=1S/C17H23F2N3O3S/c18-17(19,15-9-3-4-10-20-15)16(23)22-11-5-8-14(12-22)26(24,25)21-13-6-1-2-7-13/h3-4,9-10,13-14,21H,1-2,5-8,11-12H2. The van der Waals surface area contributed by atoms with Gasteiger partial charge in [-0.05, 0) is 37.8 Å². The Morgan fingerprint density at radius 3 is 2.58 bits per heavy atom. The van der Waals surface area contributed by atoms with Gasteiger partial charge in [0.2, 0.25) is 10.0 Å². The van der Waals surface area contributed by atoms with Crippen molar-refractivity contribution < 1.29 is 22.0 Å². The Bertz CT molecular complexity index is 737. The molecule has 26 heavy (non-hydrogen) atoms. The first-order valence-electron chi connectivity index (χ1n) is 8.90. The number of rotatable bonds is 5. The van der Waals surface area contributed by atoms with Crippen LogP contribution in [0.3, 0.4) is 0 Å². The number of carbonyl (C=O) groups is 1. The highest BCUT2D eigenvalue weighted by atomic mass is 32.2. The van der Waals surface area contributed by atoms with Crippen molar-refractivity contribution in [2.24, 2.45) is 0 Å². The molecule has 2 aliphatic rings. The molecule has 1 amide bonds. The van der Waals surface area contributed by atoms with Crippen LogP contribution in [0.2, 0.25) is 0 Å². The minimum atomic E-state index is -3.77. The van der Waals surface area contributed by atoms with E-state index in [1.807, 2.05) is 0 Å². The molecule has 1 atom stereocenters. The smallest absolute Gasteiger partial charge is 0.336 e. The summed E-state index contributed by atoms with van der Waals surface area (Å²) in [5, 5.41) is -0.861. The number of sulfonamides is 1. The molecule has 1 unspecified atom stereocenters. The number of piperidine rings is 1. The first-order valence-corrected chi connectivity index (χ1v) is 10.4. The van der Waals surface area contributed by atoms with Crippen molar-refractivity contribution in [3.8, 4) is 0 Å². The third kappa shape index (κ3) is 4.03. The molecule has 144 valence electrons. The molecule has 0 spiro atoms. The number of hydrogen-bond acceptors (Lipinski definition) is 4. The minimum absolute atomic E-state index is 0.0824. The molecule has 1 aliphatic heterocycles. The number of pyridine rings is 1. The van der Waals surface area contributed by atoms with Crippen LogP contribution in [0.15, 0.2) is 24.4 Å². The minimum Gasteiger partial charge on any atom is -0.336 e. The van der Waals surface area contributed by atoms with Crippen molar-refractivity contribution >= 4 is 15.9 Å². The lowest BCUT2D eigenvalue weighted by Gasteiger charge is -2.34. The fourth-order valence-corrected chi connectivity index (χ4v) is 5.35. The van der Waals surface area contributed by atoms with Gasteiger partial charge in [-0.15, -0.1) is 0 Å². The summed E-state index contributed by atoms with van der Waals surface area (Å²) < 4.78 is 56.8. The largest absolute Gasteiger partial charge is 0.366 e. The van der Waals surface area contributed by atoms with Crippen LogP contribution in [0.25, 0.3) is 0 Å². The Morgan fingerprint density at radius 1 is 1.19 bits per heavy atom. The summed E-state index contributed by atoms with van der Waals surface area (Å²) in [6.07, 6.45) is 5.50. The second kappa shape index (κ2) is 7.56. The maximum Gasteiger partial charge on any atom is 0.366 e. The highest BCUT2D eigenvalue weighted by Crippen LogP contribution is 2.31. The molecule has 1 aromatic rings. The molecule has 1 saturated carbocycles. The van der Waals surface area contributed by atoms with Crippen molar-refractivity contribution in [2.45, 2.75) is 55.7 Å². The maximum atomic E-state index is 14.5. The molecule has 1 N–H and O–H groups in total. The van der Waals surface area contributed by atoms with Crippen LogP contribution in [-0.4, -0.2) is 48.6 Å². The van der Waals surface area contributed by atoms with Crippen molar-refractivity contribution in [1.29, 1.82) is 0 Å². The Hall–Kier alpha value is -1.61. The van der Waals surface area contributed by atoms with Gasteiger partial charge in [-0.25, -0.2) is 13.1 Å². The van der Waals surface area contributed by atoms with Crippen LogP contribution in [0.4, 0.5) is 8.78 Å². The lowest BCUT2D eigenvalue weighted by molar-refractivity contribution is -0.160. The van der Waals surface area contributed by atoms with E-state index in [1.54, 1.807) is 0 Å². The molecular weight excluding hydrogens is 364 g/mol. The van der Waals surface area contributed by atoms with E-state index in [2.05, 4.69) is 9.71 Å². The number of nitrogens with zero attached hydrogens (tertiary/aromatic N) is 2. The number of carbonyl (C=O) groups excluding carboxylic acids is 1. The van der Waals surface area contributed by atoms with E-state index in [9.17, 15) is 22.0 Å². The molecule has 1 saturated heterocycles. The van der Waals surface area contributed by atoms with E-state index < -0.39 is 32.8 Å². The summed E-state index contributed by atoms with van der Waals surface area (Å²) in [5.41, 5.74) is -0.626. The number of nitrogens with one attached hydrogen (secondary N) is 1. The molecule has 2 heterocycles. The Balaban J connectivity index is 1.70. The lowest BCUT2D eigenvalue weighted by atomic mass is 10.1. The first-order chi connectivity index (χ1) is 12.3. The summed E-state index contributed by atoms with van der Waals surface area (Å²) in [6, 6.07) is 3.89. The number of alkyl halides is 2. The molecule has 9 heteroatoms. The third-order valence-electron chi connectivity index (χ3n) is 5.05. The zero-order valence-electron chi connectivity index (χ0n) is 14.4. The van der Waals surface area contributed by atoms with Crippen LogP contribution < -0.4 is 4.72 Å². The van der Waals surface area contributed by atoms with Crippen LogP contribution in [-0.2, 0) is 20.7 Å². The molecule has 1 aliphatic carbocycles. The monoisotopic (exact) mass is 387 g/mol. The Morgan fingerprint density at radius 2 is 1.92 bits per heavy atom. The van der Waals surface area contributed by atoms with Gasteiger partial charge in [0.25, 0.3) is 5.91 Å². The van der Waals surface area contributed by atoms with Crippen LogP contribution in [0.1, 0.15) is 44.2 Å². The van der Waals surface area contributed by atoms with Gasteiger partial charge in [0.15, 0.2) is 0 Å². The third-order valence-corrected chi connectivity index (χ3v) is 6.97. The van der Waals surface area contributed by atoms with Crippen LogP contribution in [0, 0.1) is 0 Å². The number of amides is 1. The van der Waals surface area contributed by atoms with Gasteiger partial charge in [0.05, 0.1) is 5.25 Å². The van der Waals surface area contributed by atoms with E-state index in [1.165, 1.54) is 18.3 Å². The van der Waals surface area contributed by atoms with Gasteiger partial charge in [-0.2, -0.15) is 8.78 Å². The summed E-state index contributed by atoms with van der Waals surface area (Å²) in [4.78, 5) is 16.9. The lowest BCUT2D eigenvalue weighted by Crippen LogP contribution is -2.52. The van der Waals surface area contributed by atoms with Crippen molar-refractivity contribution in [3.05, 3.63) is 30.1 Å². The molecule has 1 aromatic heterocycles. The number of likely N-dealkylation sites (tertiary alicyclic amines) is 1. The zero-order chi connectivity index (χ0) is 18.8. The van der Waals surface area contributed by atoms with Gasteiger partial charge >= 0.3 is 5.92 Å². The van der Waals surface area contributed by atoms with E-state index in [4.69, 9.17) is 0 Å². The summed E-state index contributed by atoms with van der Waals surface area (Å²) >= 11 is 0. The molecule has 0 bridgehead atoms. The molecule has 3 rings (SSSR count). The normalized spacial score (nSPS) is 22.5. The summed E-state index contributed by atoms with van der Waals surface area (Å²) in [5.74, 6) is -5.16. The van der Waals surface area contributed by atoms with Crippen molar-refractivity contribution in [1.82, 2.24) is 14.6 Å². The van der Waals surface area contributed by atoms with E-state index in [0.717, 1.165) is 36.6 Å². The van der Waals surface area contributed by atoms with E-state index >= 15 is 0 Å². The average Bonchev–Trinajstić information content (AvgIpc) is 3.14. The van der Waals surface area contributed by atoms with Gasteiger partial charge in [-0.3, -0.25) is 9.78 Å². The zero-order valence-corrected chi connectivity index (χ0v) is 15.2. The maximum absolute atomic E-state index is 14.5. The van der Waals surface area contributed by atoms with Crippen molar-refractivity contribution in [3.63, 3.8) is 0 Å².